The number of alkyl halides is 10. The molecule has 16 heavy (non-hydrogen) atoms. The molecule has 0 atom stereocenters. The molecule has 0 aromatic carbocycles. The van der Waals surface area contributed by atoms with Gasteiger partial charge in [-0.1, -0.05) is 0 Å². The van der Waals surface area contributed by atoms with Crippen molar-refractivity contribution in [2.24, 2.45) is 0 Å². The van der Waals surface area contributed by atoms with E-state index in [2.05, 4.69) is 0 Å². The summed E-state index contributed by atoms with van der Waals surface area (Å²) in [5.74, 6) is -25.3. The minimum Gasteiger partial charge on any atom is -0.223 e. The second-order valence-electron chi connectivity index (χ2n) is 3.61. The molecule has 3 saturated carbocycles. The Balaban J connectivity index is 2.82. The Morgan fingerprint density at radius 1 is 0.312 bits per heavy atom. The average molecular weight is 262 g/mol. The minimum atomic E-state index is -6.48. The molecule has 0 amide bonds. The van der Waals surface area contributed by atoms with Crippen LogP contribution in [0.2, 0.25) is 0 Å². The third-order valence-corrected chi connectivity index (χ3v) is 2.99. The summed E-state index contributed by atoms with van der Waals surface area (Å²) >= 11 is 0. The molecular weight excluding hydrogens is 262 g/mol. The monoisotopic (exact) mass is 262 g/mol. The molecule has 0 aromatic heterocycles. The van der Waals surface area contributed by atoms with Crippen molar-refractivity contribution in [3.8, 4) is 0 Å². The highest BCUT2D eigenvalue weighted by Crippen LogP contribution is 2.85. The molecule has 0 heterocycles. The van der Waals surface area contributed by atoms with E-state index in [0.717, 1.165) is 0 Å². The highest BCUT2D eigenvalue weighted by molar-refractivity contribution is 5.49. The van der Waals surface area contributed by atoms with Gasteiger partial charge in [-0.25, -0.2) is 8.78 Å². The smallest absolute Gasteiger partial charge is 0.223 e. The molecule has 0 nitrogen and oxygen atoms in total. The molecule has 0 radical (unpaired) electrons. The fourth-order valence-electron chi connectivity index (χ4n) is 2.03. The van der Waals surface area contributed by atoms with E-state index in [0.29, 0.717) is 0 Å². The van der Waals surface area contributed by atoms with Gasteiger partial charge in [-0.15, -0.1) is 0 Å². The number of rotatable bonds is 0. The van der Waals surface area contributed by atoms with Crippen molar-refractivity contribution in [1.29, 1.82) is 0 Å². The quantitative estimate of drug-likeness (QED) is 0.589. The van der Waals surface area contributed by atoms with Crippen LogP contribution in [-0.4, -0.2) is 35.0 Å². The summed E-state index contributed by atoms with van der Waals surface area (Å²) in [6, 6.07) is 0. The van der Waals surface area contributed by atoms with E-state index < -0.39 is 35.0 Å². The molecule has 3 rings (SSSR count). The van der Waals surface area contributed by atoms with Crippen LogP contribution >= 0.6 is 0 Å². The number of hydrogen-bond donors (Lipinski definition) is 0. The highest BCUT2D eigenvalue weighted by atomic mass is 19.4. The summed E-state index contributed by atoms with van der Waals surface area (Å²) in [5.41, 5.74) is -12.4. The second-order valence-corrected chi connectivity index (χ2v) is 3.61. The summed E-state index contributed by atoms with van der Waals surface area (Å²) in [7, 11) is 0. The van der Waals surface area contributed by atoms with Crippen LogP contribution in [0.25, 0.3) is 0 Å². The Kier molecular flexibility index (Phi) is 1.49. The molecule has 2 bridgehead atoms. The third kappa shape index (κ3) is 0.518. The van der Waals surface area contributed by atoms with Crippen LogP contribution in [0.15, 0.2) is 0 Å². The van der Waals surface area contributed by atoms with Gasteiger partial charge in [0.15, 0.2) is 0 Å². The van der Waals surface area contributed by atoms with Crippen LogP contribution in [0.1, 0.15) is 0 Å². The number of halogens is 10. The third-order valence-electron chi connectivity index (χ3n) is 2.99. The molecule has 0 N–H and O–H groups in total. The van der Waals surface area contributed by atoms with Gasteiger partial charge >= 0.3 is 35.0 Å². The predicted octanol–water partition coefficient (Wildman–Crippen LogP) is 2.97. The van der Waals surface area contributed by atoms with E-state index in [-0.39, 0.29) is 0 Å². The minimum absolute atomic E-state index is 6.16. The fraction of sp³-hybridized carbons (Fsp3) is 1.00. The Hall–Kier alpha value is -0.700. The lowest BCUT2D eigenvalue weighted by molar-refractivity contribution is -0.425. The van der Waals surface area contributed by atoms with Gasteiger partial charge in [0.2, 0.25) is 0 Å². The maximum absolute atomic E-state index is 12.8. The number of hydrogen-bond acceptors (Lipinski definition) is 0. The molecule has 94 valence electrons. The molecule has 0 saturated heterocycles. The van der Waals surface area contributed by atoms with E-state index >= 15 is 0 Å². The molecular formula is C6F10. The summed E-state index contributed by atoms with van der Waals surface area (Å²) in [5, 5.41) is 0. The van der Waals surface area contributed by atoms with Crippen molar-refractivity contribution in [2.75, 3.05) is 0 Å². The van der Waals surface area contributed by atoms with Crippen molar-refractivity contribution in [3.63, 3.8) is 0 Å². The Morgan fingerprint density at radius 3 is 0.562 bits per heavy atom. The van der Waals surface area contributed by atoms with Crippen molar-refractivity contribution in [2.45, 2.75) is 35.0 Å². The maximum Gasteiger partial charge on any atom is 0.359 e. The van der Waals surface area contributed by atoms with Gasteiger partial charge in [0.25, 0.3) is 0 Å². The van der Waals surface area contributed by atoms with Gasteiger partial charge in [-0.05, 0) is 0 Å². The van der Waals surface area contributed by atoms with Gasteiger partial charge < -0.3 is 0 Å². The SMILES string of the molecule is FC1(F)C(F)(F)C2(F)C(F)(F)C1(F)C2(F)F. The molecule has 0 aromatic rings. The van der Waals surface area contributed by atoms with Gasteiger partial charge in [0.1, 0.15) is 0 Å². The molecule has 0 unspecified atom stereocenters. The summed E-state index contributed by atoms with van der Waals surface area (Å²) in [4.78, 5) is 0. The molecule has 0 aliphatic heterocycles. The lowest BCUT2D eigenvalue weighted by Gasteiger charge is -2.50. The summed E-state index contributed by atoms with van der Waals surface area (Å²) in [6.45, 7) is 0. The largest absolute Gasteiger partial charge is 0.359 e. The van der Waals surface area contributed by atoms with Crippen LogP contribution in [0.4, 0.5) is 43.9 Å². The Morgan fingerprint density at radius 2 is 0.500 bits per heavy atom. The second kappa shape index (κ2) is 2.03. The first-order chi connectivity index (χ1) is 6.75. The predicted molar refractivity (Wildman–Crippen MR) is 27.5 cm³/mol. The van der Waals surface area contributed by atoms with Gasteiger partial charge in [0, 0.05) is 0 Å². The van der Waals surface area contributed by atoms with Crippen LogP contribution < -0.4 is 0 Å². The zero-order chi connectivity index (χ0) is 13.0. The van der Waals surface area contributed by atoms with E-state index in [4.69, 9.17) is 0 Å². The molecule has 3 aliphatic carbocycles. The van der Waals surface area contributed by atoms with Crippen molar-refractivity contribution >= 4 is 0 Å². The normalized spacial score (nSPS) is 49.9. The lowest BCUT2D eigenvalue weighted by Crippen LogP contribution is -2.83. The fourth-order valence-corrected chi connectivity index (χ4v) is 2.03. The molecule has 3 aliphatic rings. The molecule has 0 spiro atoms. The first-order valence-corrected chi connectivity index (χ1v) is 3.64. The van der Waals surface area contributed by atoms with Crippen molar-refractivity contribution in [1.82, 2.24) is 0 Å². The summed E-state index contributed by atoms with van der Waals surface area (Å²) in [6.07, 6.45) is 0. The van der Waals surface area contributed by atoms with E-state index in [1.54, 1.807) is 0 Å². The standard InChI is InChI=1S/C6F10/c7-1-3(9,10)2(8,4(1,11)12)6(15,16)5(1,13)14. The first-order valence-electron chi connectivity index (χ1n) is 3.64. The maximum atomic E-state index is 12.8. The Labute approximate surface area is 80.2 Å². The van der Waals surface area contributed by atoms with Crippen molar-refractivity contribution in [3.05, 3.63) is 0 Å². The van der Waals surface area contributed by atoms with E-state index in [9.17, 15) is 43.9 Å². The lowest BCUT2D eigenvalue weighted by atomic mass is 9.69. The Bertz CT molecular complexity index is 320. The van der Waals surface area contributed by atoms with Crippen LogP contribution in [-0.2, 0) is 0 Å². The van der Waals surface area contributed by atoms with Gasteiger partial charge in [-0.2, -0.15) is 35.1 Å². The van der Waals surface area contributed by atoms with E-state index in [1.165, 1.54) is 0 Å². The zero-order valence-corrected chi connectivity index (χ0v) is 6.78. The topological polar surface area (TPSA) is 0 Å². The molecule has 10 heteroatoms. The summed E-state index contributed by atoms with van der Waals surface area (Å²) < 4.78 is 125. The van der Waals surface area contributed by atoms with Crippen LogP contribution in [0.3, 0.4) is 0 Å². The van der Waals surface area contributed by atoms with Crippen LogP contribution in [0, 0.1) is 0 Å². The van der Waals surface area contributed by atoms with Crippen molar-refractivity contribution < 1.29 is 43.9 Å². The highest BCUT2D eigenvalue weighted by Gasteiger charge is 3.19. The molecule has 3 fully saturated rings. The van der Waals surface area contributed by atoms with Gasteiger partial charge in [0.05, 0.1) is 0 Å². The average Bonchev–Trinajstić information content (AvgIpc) is 2.21. The van der Waals surface area contributed by atoms with E-state index in [1.807, 2.05) is 0 Å². The van der Waals surface area contributed by atoms with Gasteiger partial charge in [-0.3, -0.25) is 0 Å². The first kappa shape index (κ1) is 11.8. The zero-order valence-electron chi connectivity index (χ0n) is 6.78. The van der Waals surface area contributed by atoms with Crippen LogP contribution in [0.5, 0.6) is 0 Å². The number of fused-ring (bicyclic) bond motifs is 1.